The van der Waals surface area contributed by atoms with Crippen molar-refractivity contribution in [2.75, 3.05) is 13.6 Å². The van der Waals surface area contributed by atoms with Crippen LogP contribution in [0.4, 0.5) is 0 Å². The van der Waals surface area contributed by atoms with Gasteiger partial charge in [-0.2, -0.15) is 0 Å². The molecule has 102 valence electrons. The van der Waals surface area contributed by atoms with Gasteiger partial charge in [-0.3, -0.25) is 4.90 Å². The molecule has 3 heteroatoms. The minimum absolute atomic E-state index is 0.295. The Bertz CT molecular complexity index is 354. The van der Waals surface area contributed by atoms with E-state index in [9.17, 15) is 0 Å². The molecule has 0 fully saturated rings. The summed E-state index contributed by atoms with van der Waals surface area (Å²) < 4.78 is 0. The zero-order valence-electron chi connectivity index (χ0n) is 11.7. The van der Waals surface area contributed by atoms with Crippen molar-refractivity contribution in [1.29, 1.82) is 0 Å². The van der Waals surface area contributed by atoms with Gasteiger partial charge in [0.25, 0.3) is 0 Å². The predicted molar refractivity (Wildman–Crippen MR) is 80.0 cm³/mol. The highest BCUT2D eigenvalue weighted by molar-refractivity contribution is 6.31. The molecule has 2 N–H and O–H groups in total. The van der Waals surface area contributed by atoms with Crippen LogP contribution in [-0.2, 0) is 0 Å². The van der Waals surface area contributed by atoms with Crippen LogP contribution in [-0.4, -0.2) is 24.5 Å². The van der Waals surface area contributed by atoms with Crippen LogP contribution in [0.25, 0.3) is 0 Å². The number of nitrogens with two attached hydrogens (primary N) is 1. The van der Waals surface area contributed by atoms with Crippen molar-refractivity contribution in [2.24, 2.45) is 5.73 Å². The summed E-state index contributed by atoms with van der Waals surface area (Å²) >= 11 is 6.26. The van der Waals surface area contributed by atoms with Crippen LogP contribution >= 0.6 is 11.6 Å². The fraction of sp³-hybridized carbons (Fsp3) is 0.600. The monoisotopic (exact) mass is 268 g/mol. The third-order valence-corrected chi connectivity index (χ3v) is 4.05. The molecular formula is C15H25ClN2. The molecule has 0 saturated carbocycles. The zero-order chi connectivity index (χ0) is 13.5. The lowest BCUT2D eigenvalue weighted by molar-refractivity contribution is 0.177. The van der Waals surface area contributed by atoms with E-state index in [1.807, 2.05) is 18.2 Å². The van der Waals surface area contributed by atoms with Crippen molar-refractivity contribution in [3.63, 3.8) is 0 Å². The first-order valence-corrected chi connectivity index (χ1v) is 7.16. The van der Waals surface area contributed by atoms with E-state index in [-0.39, 0.29) is 0 Å². The molecular weight excluding hydrogens is 244 g/mol. The average Bonchev–Trinajstić information content (AvgIpc) is 2.39. The molecule has 0 bridgehead atoms. The van der Waals surface area contributed by atoms with E-state index in [4.69, 9.17) is 17.3 Å². The highest BCUT2D eigenvalue weighted by Crippen LogP contribution is 2.28. The number of hydrogen-bond donors (Lipinski definition) is 1. The molecule has 0 aliphatic rings. The molecule has 0 amide bonds. The Hall–Kier alpha value is -0.570. The number of nitrogens with zero attached hydrogens (tertiary/aromatic N) is 1. The molecule has 0 aromatic heterocycles. The Morgan fingerprint density at radius 3 is 2.56 bits per heavy atom. The van der Waals surface area contributed by atoms with Gasteiger partial charge in [0.15, 0.2) is 0 Å². The Morgan fingerprint density at radius 1 is 1.33 bits per heavy atom. The van der Waals surface area contributed by atoms with E-state index in [0.717, 1.165) is 11.4 Å². The lowest BCUT2D eigenvalue weighted by Crippen LogP contribution is -2.39. The van der Waals surface area contributed by atoms with Gasteiger partial charge >= 0.3 is 0 Å². The van der Waals surface area contributed by atoms with Gasteiger partial charge in [0.05, 0.1) is 0 Å². The van der Waals surface area contributed by atoms with Gasteiger partial charge < -0.3 is 5.73 Å². The number of hydrogen-bond acceptors (Lipinski definition) is 2. The van der Waals surface area contributed by atoms with Gasteiger partial charge in [0, 0.05) is 23.7 Å². The van der Waals surface area contributed by atoms with Gasteiger partial charge in [0.2, 0.25) is 0 Å². The average molecular weight is 269 g/mol. The molecule has 18 heavy (non-hydrogen) atoms. The molecule has 1 aromatic rings. The topological polar surface area (TPSA) is 29.3 Å². The van der Waals surface area contributed by atoms with E-state index in [2.05, 4.69) is 31.9 Å². The summed E-state index contributed by atoms with van der Waals surface area (Å²) in [5.41, 5.74) is 7.07. The smallest absolute Gasteiger partial charge is 0.0453 e. The normalized spacial score (nSPS) is 14.8. The van der Waals surface area contributed by atoms with Crippen LogP contribution < -0.4 is 5.73 Å². The van der Waals surface area contributed by atoms with Gasteiger partial charge in [-0.25, -0.2) is 0 Å². The second-order valence-corrected chi connectivity index (χ2v) is 5.30. The second kappa shape index (κ2) is 7.78. The predicted octanol–water partition coefficient (Wildman–Crippen LogP) is 3.85. The summed E-state index contributed by atoms with van der Waals surface area (Å²) in [6.45, 7) is 5.10. The SMILES string of the molecule is CCCCC(CN)N(C)C(C)c1ccccc1Cl. The van der Waals surface area contributed by atoms with Crippen LogP contribution in [0.5, 0.6) is 0 Å². The second-order valence-electron chi connectivity index (χ2n) is 4.89. The lowest BCUT2D eigenvalue weighted by atomic mass is 10.0. The minimum atomic E-state index is 0.295. The summed E-state index contributed by atoms with van der Waals surface area (Å²) in [7, 11) is 2.14. The first kappa shape index (κ1) is 15.5. The third kappa shape index (κ3) is 3.98. The van der Waals surface area contributed by atoms with Crippen LogP contribution in [0, 0.1) is 0 Å². The van der Waals surface area contributed by atoms with Crippen molar-refractivity contribution >= 4 is 11.6 Å². The maximum Gasteiger partial charge on any atom is 0.0453 e. The number of likely N-dealkylation sites (N-methyl/N-ethyl adjacent to an activating group) is 1. The molecule has 0 aliphatic carbocycles. The van der Waals surface area contributed by atoms with Crippen molar-refractivity contribution in [3.05, 3.63) is 34.9 Å². The van der Waals surface area contributed by atoms with E-state index < -0.39 is 0 Å². The molecule has 0 spiro atoms. The molecule has 2 atom stereocenters. The third-order valence-electron chi connectivity index (χ3n) is 3.71. The van der Waals surface area contributed by atoms with Crippen LogP contribution in [0.1, 0.15) is 44.7 Å². The maximum atomic E-state index is 6.26. The molecule has 0 heterocycles. The van der Waals surface area contributed by atoms with Crippen LogP contribution in [0.2, 0.25) is 5.02 Å². The van der Waals surface area contributed by atoms with E-state index in [1.165, 1.54) is 18.4 Å². The quantitative estimate of drug-likeness (QED) is 0.814. The first-order chi connectivity index (χ1) is 8.61. The largest absolute Gasteiger partial charge is 0.329 e. The Balaban J connectivity index is 2.75. The van der Waals surface area contributed by atoms with E-state index in [1.54, 1.807) is 0 Å². The maximum absolute atomic E-state index is 6.26. The Morgan fingerprint density at radius 2 is 2.00 bits per heavy atom. The van der Waals surface area contributed by atoms with E-state index in [0.29, 0.717) is 18.6 Å². The Kier molecular flexibility index (Phi) is 6.69. The van der Waals surface area contributed by atoms with Gasteiger partial charge in [-0.15, -0.1) is 0 Å². The van der Waals surface area contributed by atoms with Crippen molar-refractivity contribution in [1.82, 2.24) is 4.90 Å². The lowest BCUT2D eigenvalue weighted by Gasteiger charge is -2.33. The Labute approximate surface area is 116 Å². The van der Waals surface area contributed by atoms with Crippen LogP contribution in [0.3, 0.4) is 0 Å². The zero-order valence-corrected chi connectivity index (χ0v) is 12.5. The number of benzene rings is 1. The fourth-order valence-corrected chi connectivity index (χ4v) is 2.57. The summed E-state index contributed by atoms with van der Waals surface area (Å²) in [6.07, 6.45) is 3.59. The summed E-state index contributed by atoms with van der Waals surface area (Å²) in [5.74, 6) is 0. The van der Waals surface area contributed by atoms with Gasteiger partial charge in [0.1, 0.15) is 0 Å². The van der Waals surface area contributed by atoms with Crippen molar-refractivity contribution in [3.8, 4) is 0 Å². The molecule has 0 aliphatic heterocycles. The van der Waals surface area contributed by atoms with Crippen molar-refractivity contribution in [2.45, 2.75) is 45.2 Å². The first-order valence-electron chi connectivity index (χ1n) is 6.78. The number of unbranched alkanes of at least 4 members (excludes halogenated alkanes) is 1. The molecule has 1 rings (SSSR count). The van der Waals surface area contributed by atoms with Gasteiger partial charge in [-0.1, -0.05) is 49.6 Å². The van der Waals surface area contributed by atoms with Crippen molar-refractivity contribution < 1.29 is 0 Å². The summed E-state index contributed by atoms with van der Waals surface area (Å²) in [6, 6.07) is 8.77. The van der Waals surface area contributed by atoms with E-state index >= 15 is 0 Å². The minimum Gasteiger partial charge on any atom is -0.329 e. The summed E-state index contributed by atoms with van der Waals surface area (Å²) in [4.78, 5) is 2.34. The molecule has 2 unspecified atom stereocenters. The molecule has 2 nitrogen and oxygen atoms in total. The van der Waals surface area contributed by atoms with Gasteiger partial charge in [-0.05, 0) is 32.0 Å². The summed E-state index contributed by atoms with van der Waals surface area (Å²) in [5, 5.41) is 0.836. The molecule has 0 radical (unpaired) electrons. The standard InChI is InChI=1S/C15H25ClN2/c1-4-5-8-13(11-17)18(3)12(2)14-9-6-7-10-15(14)16/h6-7,9-10,12-13H,4-5,8,11,17H2,1-3H3. The molecule has 1 aromatic carbocycles. The fourth-order valence-electron chi connectivity index (χ4n) is 2.28. The number of rotatable bonds is 7. The molecule has 0 saturated heterocycles. The number of halogens is 1. The highest BCUT2D eigenvalue weighted by atomic mass is 35.5. The van der Waals surface area contributed by atoms with Crippen LogP contribution in [0.15, 0.2) is 24.3 Å². The highest BCUT2D eigenvalue weighted by Gasteiger charge is 2.20.